The highest BCUT2D eigenvalue weighted by Gasteiger charge is 2.31. The number of nitrogen functional groups attached to an aromatic ring is 1. The minimum Gasteiger partial charge on any atom is -0.492 e. The molecule has 0 amide bonds. The minimum absolute atomic E-state index is 0.487. The largest absolute Gasteiger partial charge is 0.492 e. The zero-order valence-electron chi connectivity index (χ0n) is 11.7. The highest BCUT2D eigenvalue weighted by atomic mass is 32.2. The fourth-order valence-corrected chi connectivity index (χ4v) is 5.05. The summed E-state index contributed by atoms with van der Waals surface area (Å²) in [5.41, 5.74) is 7.27. The number of rotatable bonds is 4. The normalized spacial score (nSPS) is 19.9. The first-order valence-corrected chi connectivity index (χ1v) is 9.60. The monoisotopic (exact) mass is 316 g/mol. The van der Waals surface area contributed by atoms with E-state index in [1.807, 2.05) is 24.0 Å². The molecule has 1 atom stereocenters. The Balaban J connectivity index is 2.35. The number of hydrogen-bond donors (Lipinski definition) is 1. The lowest BCUT2D eigenvalue weighted by molar-refractivity contribution is 0.342. The molecule has 7 heteroatoms. The predicted molar refractivity (Wildman–Crippen MR) is 85.3 cm³/mol. The third-order valence-corrected chi connectivity index (χ3v) is 5.85. The van der Waals surface area contributed by atoms with Gasteiger partial charge in [-0.25, -0.2) is 8.42 Å². The van der Waals surface area contributed by atoms with Gasteiger partial charge in [-0.3, -0.25) is 0 Å². The van der Waals surface area contributed by atoms with Crippen LogP contribution in [0.15, 0.2) is 18.2 Å². The molecule has 2 N–H and O–H groups in total. The molecular weight excluding hydrogens is 296 g/mol. The Morgan fingerprint density at radius 1 is 1.50 bits per heavy atom. The molecule has 0 aromatic heterocycles. The number of sulfone groups is 1. The quantitative estimate of drug-likeness (QED) is 0.851. The van der Waals surface area contributed by atoms with E-state index in [-0.39, 0.29) is 0 Å². The van der Waals surface area contributed by atoms with Crippen LogP contribution in [0.25, 0.3) is 0 Å². The molecule has 0 bridgehead atoms. The van der Waals surface area contributed by atoms with Gasteiger partial charge in [-0.2, -0.15) is 11.8 Å². The number of thioether (sulfide) groups is 1. The lowest BCUT2D eigenvalue weighted by Crippen LogP contribution is -2.47. The van der Waals surface area contributed by atoms with Gasteiger partial charge in [0.05, 0.1) is 12.3 Å². The van der Waals surface area contributed by atoms with E-state index in [0.717, 1.165) is 11.4 Å². The van der Waals surface area contributed by atoms with Crippen molar-refractivity contribution in [3.63, 3.8) is 0 Å². The maximum atomic E-state index is 11.9. The second-order valence-electron chi connectivity index (χ2n) is 4.71. The molecule has 1 aromatic rings. The minimum atomic E-state index is -3.13. The van der Waals surface area contributed by atoms with E-state index in [4.69, 9.17) is 10.5 Å². The fraction of sp³-hybridized carbons (Fsp3) is 0.538. The zero-order valence-corrected chi connectivity index (χ0v) is 13.3. The molecule has 1 aromatic carbocycles. The summed E-state index contributed by atoms with van der Waals surface area (Å²) in [5.74, 6) is 2.11. The molecule has 1 fully saturated rings. The van der Waals surface area contributed by atoms with E-state index >= 15 is 0 Å². The molecular formula is C13H20N2O3S2. The Morgan fingerprint density at radius 3 is 2.90 bits per heavy atom. The highest BCUT2D eigenvalue weighted by molar-refractivity contribution is 8.01. The first-order valence-electron chi connectivity index (χ1n) is 6.49. The molecule has 112 valence electrons. The van der Waals surface area contributed by atoms with Crippen molar-refractivity contribution in [1.82, 2.24) is 0 Å². The molecule has 20 heavy (non-hydrogen) atoms. The number of ether oxygens (including phenoxy) is 1. The maximum absolute atomic E-state index is 11.9. The van der Waals surface area contributed by atoms with Crippen LogP contribution in [0, 0.1) is 0 Å². The molecule has 0 spiro atoms. The van der Waals surface area contributed by atoms with Gasteiger partial charge >= 0.3 is 0 Å². The maximum Gasteiger partial charge on any atom is 0.169 e. The molecule has 1 aliphatic heterocycles. The Labute approximate surface area is 124 Å². The summed E-state index contributed by atoms with van der Waals surface area (Å²) in [7, 11) is -3.13. The van der Waals surface area contributed by atoms with Crippen LogP contribution in [0.3, 0.4) is 0 Å². The summed E-state index contributed by atoms with van der Waals surface area (Å²) in [6, 6.07) is 5.44. The van der Waals surface area contributed by atoms with Crippen molar-refractivity contribution < 1.29 is 13.2 Å². The van der Waals surface area contributed by atoms with Gasteiger partial charge in [-0.1, -0.05) is 0 Å². The summed E-state index contributed by atoms with van der Waals surface area (Å²) in [5, 5.41) is -0.487. The van der Waals surface area contributed by atoms with E-state index in [9.17, 15) is 8.42 Å². The molecule has 1 heterocycles. The second-order valence-corrected chi connectivity index (χ2v) is 8.06. The standard InChI is InChI=1S/C13H20N2O3S2/c1-3-18-12-8-10(4-5-11(12)14)15-6-7-19-9-13(15)20(2,16)17/h4-5,8,13H,3,6-7,9,14H2,1-2H3. The van der Waals surface area contributed by atoms with Gasteiger partial charge in [0.15, 0.2) is 9.84 Å². The fourth-order valence-electron chi connectivity index (χ4n) is 2.21. The average molecular weight is 316 g/mol. The Morgan fingerprint density at radius 2 is 2.25 bits per heavy atom. The third kappa shape index (κ3) is 3.32. The summed E-state index contributed by atoms with van der Waals surface area (Å²) < 4.78 is 29.4. The van der Waals surface area contributed by atoms with Crippen molar-refractivity contribution in [2.75, 3.05) is 41.5 Å². The van der Waals surface area contributed by atoms with Crippen molar-refractivity contribution in [3.8, 4) is 5.75 Å². The van der Waals surface area contributed by atoms with Crippen LogP contribution in [-0.4, -0.2) is 44.7 Å². The van der Waals surface area contributed by atoms with Gasteiger partial charge in [0.2, 0.25) is 0 Å². The smallest absolute Gasteiger partial charge is 0.169 e. The second kappa shape index (κ2) is 6.13. The van der Waals surface area contributed by atoms with Crippen LogP contribution in [0.2, 0.25) is 0 Å². The SMILES string of the molecule is CCOc1cc(N2CCSCC2S(C)(=O)=O)ccc1N. The first-order chi connectivity index (χ1) is 9.43. The van der Waals surface area contributed by atoms with Crippen molar-refractivity contribution in [3.05, 3.63) is 18.2 Å². The molecule has 1 saturated heterocycles. The van der Waals surface area contributed by atoms with Crippen molar-refractivity contribution in [1.29, 1.82) is 0 Å². The number of nitrogens with zero attached hydrogens (tertiary/aromatic N) is 1. The van der Waals surface area contributed by atoms with Gasteiger partial charge in [-0.05, 0) is 19.1 Å². The van der Waals surface area contributed by atoms with Crippen LogP contribution < -0.4 is 15.4 Å². The van der Waals surface area contributed by atoms with E-state index in [2.05, 4.69) is 0 Å². The van der Waals surface area contributed by atoms with Crippen molar-refractivity contribution in [2.45, 2.75) is 12.3 Å². The van der Waals surface area contributed by atoms with Gasteiger partial charge in [-0.15, -0.1) is 0 Å². The molecule has 0 radical (unpaired) electrons. The van der Waals surface area contributed by atoms with Crippen LogP contribution in [0.4, 0.5) is 11.4 Å². The van der Waals surface area contributed by atoms with Crippen molar-refractivity contribution >= 4 is 33.0 Å². The summed E-state index contributed by atoms with van der Waals surface area (Å²) in [6.07, 6.45) is 1.29. The lowest BCUT2D eigenvalue weighted by Gasteiger charge is -2.36. The molecule has 1 unspecified atom stereocenters. The van der Waals surface area contributed by atoms with Crippen LogP contribution >= 0.6 is 11.8 Å². The van der Waals surface area contributed by atoms with Crippen LogP contribution in [0.1, 0.15) is 6.92 Å². The van der Waals surface area contributed by atoms with Gasteiger partial charge in [0.25, 0.3) is 0 Å². The molecule has 1 aliphatic rings. The number of anilines is 2. The van der Waals surface area contributed by atoms with E-state index in [0.29, 0.717) is 30.3 Å². The number of benzene rings is 1. The highest BCUT2D eigenvalue weighted by Crippen LogP contribution is 2.32. The van der Waals surface area contributed by atoms with E-state index in [1.165, 1.54) is 6.26 Å². The molecule has 0 saturated carbocycles. The Kier molecular flexibility index (Phi) is 4.70. The Hall–Kier alpha value is -1.08. The zero-order chi connectivity index (χ0) is 14.8. The van der Waals surface area contributed by atoms with Crippen LogP contribution in [-0.2, 0) is 9.84 Å². The number of hydrogen-bond acceptors (Lipinski definition) is 6. The summed E-state index contributed by atoms with van der Waals surface area (Å²) in [4.78, 5) is 1.92. The Bertz CT molecular complexity index is 575. The third-order valence-electron chi connectivity index (χ3n) is 3.21. The van der Waals surface area contributed by atoms with E-state index in [1.54, 1.807) is 17.8 Å². The topological polar surface area (TPSA) is 72.6 Å². The molecule has 0 aliphatic carbocycles. The van der Waals surface area contributed by atoms with Crippen molar-refractivity contribution in [2.24, 2.45) is 0 Å². The molecule has 5 nitrogen and oxygen atoms in total. The average Bonchev–Trinajstić information content (AvgIpc) is 2.41. The summed E-state index contributed by atoms with van der Waals surface area (Å²) >= 11 is 1.67. The lowest BCUT2D eigenvalue weighted by atomic mass is 10.2. The first kappa shape index (κ1) is 15.3. The van der Waals surface area contributed by atoms with Crippen LogP contribution in [0.5, 0.6) is 5.75 Å². The van der Waals surface area contributed by atoms with Gasteiger partial charge in [0, 0.05) is 36.1 Å². The van der Waals surface area contributed by atoms with E-state index < -0.39 is 15.2 Å². The van der Waals surface area contributed by atoms with Gasteiger partial charge in [0.1, 0.15) is 11.1 Å². The summed E-state index contributed by atoms with van der Waals surface area (Å²) in [6.45, 7) is 3.12. The predicted octanol–water partition coefficient (Wildman–Crippen LogP) is 1.59. The van der Waals surface area contributed by atoms with Gasteiger partial charge < -0.3 is 15.4 Å². The number of nitrogens with two attached hydrogens (primary N) is 1. The molecule has 2 rings (SSSR count).